The summed E-state index contributed by atoms with van der Waals surface area (Å²) in [6.45, 7) is 11.2. The van der Waals surface area contributed by atoms with Gasteiger partial charge in [-0.25, -0.2) is 9.78 Å². The molecular weight excluding hydrogens is 316 g/mol. The normalized spacial score (nSPS) is 27.5. The van der Waals surface area contributed by atoms with Crippen LogP contribution in [0.4, 0.5) is 0 Å². The van der Waals surface area contributed by atoms with Crippen LogP contribution in [0.2, 0.25) is 0 Å². The SMILES string of the molecule is CC(C)CC1C[C@H](C)C[C@H](n2c(=O)[nH]c3nc[nH]c3c2=O)[C@@H]1C(C)C. The molecule has 0 aliphatic heterocycles. The topological polar surface area (TPSA) is 83.5 Å². The highest BCUT2D eigenvalue weighted by Gasteiger charge is 2.40. The van der Waals surface area contributed by atoms with Crippen molar-refractivity contribution in [3.63, 3.8) is 0 Å². The van der Waals surface area contributed by atoms with Crippen LogP contribution in [-0.2, 0) is 0 Å². The summed E-state index contributed by atoms with van der Waals surface area (Å²) in [5.74, 6) is 2.41. The summed E-state index contributed by atoms with van der Waals surface area (Å²) in [6.07, 6.45) is 4.65. The van der Waals surface area contributed by atoms with Crippen LogP contribution in [0, 0.1) is 29.6 Å². The zero-order chi connectivity index (χ0) is 18.3. The van der Waals surface area contributed by atoms with Gasteiger partial charge in [0.25, 0.3) is 5.56 Å². The molecule has 6 nitrogen and oxygen atoms in total. The molecule has 0 amide bonds. The lowest BCUT2D eigenvalue weighted by Gasteiger charge is -2.44. The number of imidazole rings is 1. The summed E-state index contributed by atoms with van der Waals surface area (Å²) in [5.41, 5.74) is 0.151. The average molecular weight is 346 g/mol. The van der Waals surface area contributed by atoms with Crippen molar-refractivity contribution in [2.24, 2.45) is 29.6 Å². The first-order valence-corrected chi connectivity index (χ1v) is 9.47. The number of rotatable bonds is 4. The Kier molecular flexibility index (Phi) is 4.89. The molecule has 25 heavy (non-hydrogen) atoms. The van der Waals surface area contributed by atoms with E-state index < -0.39 is 0 Å². The van der Waals surface area contributed by atoms with Gasteiger partial charge in [-0.3, -0.25) is 14.3 Å². The van der Waals surface area contributed by atoms with Gasteiger partial charge < -0.3 is 4.98 Å². The highest BCUT2D eigenvalue weighted by molar-refractivity contribution is 5.67. The van der Waals surface area contributed by atoms with Gasteiger partial charge in [0.05, 0.1) is 6.33 Å². The molecule has 0 spiro atoms. The summed E-state index contributed by atoms with van der Waals surface area (Å²) in [5, 5.41) is 0. The monoisotopic (exact) mass is 346 g/mol. The van der Waals surface area contributed by atoms with Gasteiger partial charge in [0.15, 0.2) is 5.65 Å². The fourth-order valence-electron chi connectivity index (χ4n) is 5.01. The van der Waals surface area contributed by atoms with Crippen LogP contribution in [0.3, 0.4) is 0 Å². The predicted octanol–water partition coefficient (Wildman–Crippen LogP) is 3.32. The third kappa shape index (κ3) is 3.31. The van der Waals surface area contributed by atoms with Gasteiger partial charge in [-0.2, -0.15) is 0 Å². The van der Waals surface area contributed by atoms with Crippen molar-refractivity contribution in [3.05, 3.63) is 27.2 Å². The molecule has 4 atom stereocenters. The lowest BCUT2D eigenvalue weighted by atomic mass is 9.65. The first kappa shape index (κ1) is 18.0. The quantitative estimate of drug-likeness (QED) is 0.891. The lowest BCUT2D eigenvalue weighted by molar-refractivity contribution is 0.0629. The van der Waals surface area contributed by atoms with Gasteiger partial charge in [0, 0.05) is 6.04 Å². The predicted molar refractivity (Wildman–Crippen MR) is 99.7 cm³/mol. The van der Waals surface area contributed by atoms with Crippen LogP contribution >= 0.6 is 0 Å². The van der Waals surface area contributed by atoms with E-state index in [1.54, 1.807) is 0 Å². The van der Waals surface area contributed by atoms with Crippen LogP contribution < -0.4 is 11.2 Å². The number of aromatic nitrogens is 4. The van der Waals surface area contributed by atoms with Crippen molar-refractivity contribution in [1.82, 2.24) is 19.5 Å². The van der Waals surface area contributed by atoms with Gasteiger partial charge in [-0.15, -0.1) is 0 Å². The molecule has 1 fully saturated rings. The number of fused-ring (bicyclic) bond motifs is 1. The Morgan fingerprint density at radius 1 is 1.24 bits per heavy atom. The van der Waals surface area contributed by atoms with E-state index >= 15 is 0 Å². The fraction of sp³-hybridized carbons (Fsp3) is 0.737. The maximum atomic E-state index is 13.0. The Morgan fingerprint density at radius 2 is 1.96 bits per heavy atom. The number of nitrogens with one attached hydrogen (secondary N) is 2. The van der Waals surface area contributed by atoms with Crippen LogP contribution in [-0.4, -0.2) is 19.5 Å². The van der Waals surface area contributed by atoms with Crippen LogP contribution in [0.1, 0.15) is 59.9 Å². The molecule has 1 aliphatic rings. The molecule has 2 aromatic heterocycles. The molecule has 0 aromatic carbocycles. The number of H-pyrrole nitrogens is 2. The molecule has 2 N–H and O–H groups in total. The molecule has 1 aliphatic carbocycles. The number of nitrogens with zero attached hydrogens (tertiary/aromatic N) is 2. The third-order valence-electron chi connectivity index (χ3n) is 5.73. The summed E-state index contributed by atoms with van der Waals surface area (Å²) in [7, 11) is 0. The largest absolute Gasteiger partial charge is 0.339 e. The first-order chi connectivity index (χ1) is 11.8. The summed E-state index contributed by atoms with van der Waals surface area (Å²) < 4.78 is 1.47. The Labute approximate surface area is 148 Å². The smallest absolute Gasteiger partial charge is 0.330 e. The zero-order valence-corrected chi connectivity index (χ0v) is 15.9. The fourth-order valence-corrected chi connectivity index (χ4v) is 5.01. The van der Waals surface area contributed by atoms with Gasteiger partial charge in [-0.1, -0.05) is 34.6 Å². The van der Waals surface area contributed by atoms with Crippen LogP contribution in [0.25, 0.3) is 11.2 Å². The molecule has 3 rings (SSSR count). The Balaban J connectivity index is 2.12. The minimum atomic E-state index is -0.336. The molecule has 0 bridgehead atoms. The maximum absolute atomic E-state index is 13.0. The Bertz CT molecular complexity index is 843. The number of aromatic amines is 2. The molecule has 1 saturated carbocycles. The number of hydrogen-bond donors (Lipinski definition) is 2. The van der Waals surface area contributed by atoms with Gasteiger partial charge in [0.1, 0.15) is 5.52 Å². The van der Waals surface area contributed by atoms with E-state index in [1.807, 2.05) is 0 Å². The van der Waals surface area contributed by atoms with Crippen molar-refractivity contribution in [2.45, 2.75) is 59.9 Å². The molecule has 0 saturated heterocycles. The van der Waals surface area contributed by atoms with E-state index in [0.717, 1.165) is 12.8 Å². The number of hydrogen-bond acceptors (Lipinski definition) is 3. The van der Waals surface area contributed by atoms with E-state index in [9.17, 15) is 9.59 Å². The van der Waals surface area contributed by atoms with E-state index in [1.165, 1.54) is 17.3 Å². The third-order valence-corrected chi connectivity index (χ3v) is 5.73. The maximum Gasteiger partial charge on any atom is 0.330 e. The average Bonchev–Trinajstić information content (AvgIpc) is 2.94. The van der Waals surface area contributed by atoms with Crippen molar-refractivity contribution in [3.8, 4) is 0 Å². The Hall–Kier alpha value is -1.85. The second-order valence-electron chi connectivity index (χ2n) is 8.59. The molecule has 1 unspecified atom stereocenters. The second kappa shape index (κ2) is 6.81. The van der Waals surface area contributed by atoms with E-state index in [0.29, 0.717) is 40.8 Å². The molecule has 2 heterocycles. The van der Waals surface area contributed by atoms with E-state index in [-0.39, 0.29) is 17.3 Å². The van der Waals surface area contributed by atoms with E-state index in [2.05, 4.69) is 49.6 Å². The van der Waals surface area contributed by atoms with Gasteiger partial charge >= 0.3 is 5.69 Å². The standard InChI is InChI=1S/C19H30N4O2/c1-10(2)6-13-7-12(5)8-14(15(13)11(3)4)23-18(24)16-17(21-9-20-16)22-19(23)25/h9-15H,6-8H2,1-5H3,(H,20,21)(H,22,25)/t12-,13?,14-,15+/m0/s1. The second-order valence-corrected chi connectivity index (χ2v) is 8.59. The molecule has 6 heteroatoms. The van der Waals surface area contributed by atoms with Crippen molar-refractivity contribution in [2.75, 3.05) is 0 Å². The molecular formula is C19H30N4O2. The summed E-state index contributed by atoms with van der Waals surface area (Å²) >= 11 is 0. The molecule has 2 aromatic rings. The molecule has 0 radical (unpaired) electrons. The van der Waals surface area contributed by atoms with Gasteiger partial charge in [-0.05, 0) is 48.9 Å². The summed E-state index contributed by atoms with van der Waals surface area (Å²) in [4.78, 5) is 35.4. The van der Waals surface area contributed by atoms with Crippen molar-refractivity contribution in [1.29, 1.82) is 0 Å². The molecule has 138 valence electrons. The minimum absolute atomic E-state index is 0.0588. The first-order valence-electron chi connectivity index (χ1n) is 9.47. The summed E-state index contributed by atoms with van der Waals surface area (Å²) in [6, 6.07) is -0.0588. The zero-order valence-electron chi connectivity index (χ0n) is 15.9. The van der Waals surface area contributed by atoms with Crippen LogP contribution in [0.15, 0.2) is 15.9 Å². The Morgan fingerprint density at radius 3 is 2.60 bits per heavy atom. The van der Waals surface area contributed by atoms with Gasteiger partial charge in [0.2, 0.25) is 0 Å². The highest BCUT2D eigenvalue weighted by atomic mass is 16.2. The van der Waals surface area contributed by atoms with Crippen molar-refractivity contribution >= 4 is 11.2 Å². The minimum Gasteiger partial charge on any atom is -0.339 e. The van der Waals surface area contributed by atoms with E-state index in [4.69, 9.17) is 0 Å². The highest BCUT2D eigenvalue weighted by Crippen LogP contribution is 2.46. The lowest BCUT2D eigenvalue weighted by Crippen LogP contribution is -2.46. The van der Waals surface area contributed by atoms with Crippen LogP contribution in [0.5, 0.6) is 0 Å². The van der Waals surface area contributed by atoms with Crippen molar-refractivity contribution < 1.29 is 0 Å².